The summed E-state index contributed by atoms with van der Waals surface area (Å²) in [6.45, 7) is 1.74. The fraction of sp³-hybridized carbons (Fsp3) is 0.455. The second-order valence-corrected chi connectivity index (χ2v) is 3.17. The minimum atomic E-state index is -2.28. The highest BCUT2D eigenvalue weighted by atomic mass is 19.3. The van der Waals surface area contributed by atoms with Gasteiger partial charge in [-0.05, 0) is 12.0 Å². The third kappa shape index (κ3) is 3.42. The minimum Gasteiger partial charge on any atom is -0.305 e. The maximum Gasteiger partial charge on any atom is 0.250 e. The molecule has 1 N–H and O–H groups in total. The van der Waals surface area contributed by atoms with E-state index in [4.69, 9.17) is 0 Å². The van der Waals surface area contributed by atoms with Crippen LogP contribution in [0.5, 0.6) is 0 Å². The van der Waals surface area contributed by atoms with Crippen molar-refractivity contribution in [3.8, 4) is 0 Å². The number of rotatable bonds is 5. The van der Waals surface area contributed by atoms with E-state index in [9.17, 15) is 8.78 Å². The van der Waals surface area contributed by atoms with Crippen molar-refractivity contribution in [2.45, 2.75) is 25.8 Å². The van der Waals surface area contributed by atoms with Gasteiger partial charge in [-0.3, -0.25) is 0 Å². The smallest absolute Gasteiger partial charge is 0.250 e. The van der Waals surface area contributed by atoms with Crippen LogP contribution >= 0.6 is 0 Å². The van der Waals surface area contributed by atoms with E-state index in [0.717, 1.165) is 12.0 Å². The van der Waals surface area contributed by atoms with Crippen molar-refractivity contribution in [1.29, 1.82) is 0 Å². The number of halogens is 2. The molecule has 1 nitrogen and oxygen atoms in total. The van der Waals surface area contributed by atoms with Crippen molar-refractivity contribution in [1.82, 2.24) is 5.32 Å². The zero-order valence-corrected chi connectivity index (χ0v) is 8.21. The summed E-state index contributed by atoms with van der Waals surface area (Å²) < 4.78 is 24.0. The van der Waals surface area contributed by atoms with Gasteiger partial charge < -0.3 is 5.32 Å². The second kappa shape index (κ2) is 5.70. The van der Waals surface area contributed by atoms with Crippen LogP contribution in [0, 0.1) is 0 Å². The van der Waals surface area contributed by atoms with Gasteiger partial charge >= 0.3 is 0 Å². The van der Waals surface area contributed by atoms with E-state index in [1.165, 1.54) is 0 Å². The van der Waals surface area contributed by atoms with Crippen molar-refractivity contribution < 1.29 is 8.78 Å². The Kier molecular flexibility index (Phi) is 4.53. The van der Waals surface area contributed by atoms with Crippen LogP contribution < -0.4 is 5.32 Å². The number of benzene rings is 1. The van der Waals surface area contributed by atoms with Crippen LogP contribution in [0.25, 0.3) is 0 Å². The van der Waals surface area contributed by atoms with E-state index < -0.39 is 6.43 Å². The molecule has 0 saturated carbocycles. The minimum absolute atomic E-state index is 0.0326. The van der Waals surface area contributed by atoms with Crippen LogP contribution in [0.2, 0.25) is 0 Å². The molecule has 1 aromatic rings. The normalized spacial score (nSPS) is 13.1. The molecule has 0 saturated heterocycles. The number of hydrogen-bond acceptors (Lipinski definition) is 1. The molecule has 0 bridgehead atoms. The third-order valence-electron chi connectivity index (χ3n) is 2.13. The van der Waals surface area contributed by atoms with Crippen molar-refractivity contribution >= 4 is 0 Å². The first-order valence-corrected chi connectivity index (χ1v) is 4.80. The van der Waals surface area contributed by atoms with E-state index in [1.807, 2.05) is 37.3 Å². The van der Waals surface area contributed by atoms with Crippen molar-refractivity contribution in [3.05, 3.63) is 35.9 Å². The lowest BCUT2D eigenvalue weighted by Crippen LogP contribution is -2.26. The van der Waals surface area contributed by atoms with E-state index in [1.54, 1.807) is 0 Å². The Labute approximate surface area is 83.1 Å². The molecule has 0 radical (unpaired) electrons. The van der Waals surface area contributed by atoms with Gasteiger partial charge in [-0.15, -0.1) is 0 Å². The first-order valence-electron chi connectivity index (χ1n) is 4.80. The summed E-state index contributed by atoms with van der Waals surface area (Å²) in [6.07, 6.45) is -1.47. The van der Waals surface area contributed by atoms with Crippen LogP contribution in [0.4, 0.5) is 8.78 Å². The summed E-state index contributed by atoms with van der Waals surface area (Å²) in [5, 5.41) is 2.84. The zero-order valence-electron chi connectivity index (χ0n) is 8.21. The fourth-order valence-corrected chi connectivity index (χ4v) is 1.41. The highest BCUT2D eigenvalue weighted by Crippen LogP contribution is 2.15. The molecule has 3 heteroatoms. The van der Waals surface area contributed by atoms with Gasteiger partial charge in [0.15, 0.2) is 0 Å². The molecule has 0 aliphatic carbocycles. The first-order chi connectivity index (χ1) is 6.74. The Morgan fingerprint density at radius 3 is 2.36 bits per heavy atom. The summed E-state index contributed by atoms with van der Waals surface area (Å²) in [5.74, 6) is 0. The van der Waals surface area contributed by atoms with Crippen molar-refractivity contribution in [2.24, 2.45) is 0 Å². The first kappa shape index (κ1) is 11.1. The maximum atomic E-state index is 12.0. The van der Waals surface area contributed by atoms with Crippen molar-refractivity contribution in [2.75, 3.05) is 6.54 Å². The Bertz CT molecular complexity index is 249. The predicted molar refractivity (Wildman–Crippen MR) is 53.5 cm³/mol. The lowest BCUT2D eigenvalue weighted by atomic mass is 10.1. The topological polar surface area (TPSA) is 12.0 Å². The van der Waals surface area contributed by atoms with Crippen LogP contribution in [0.15, 0.2) is 30.3 Å². The Morgan fingerprint density at radius 1 is 1.21 bits per heavy atom. The molecule has 0 fully saturated rings. The quantitative estimate of drug-likeness (QED) is 0.768. The van der Waals surface area contributed by atoms with Gasteiger partial charge in [-0.25, -0.2) is 8.78 Å². The summed E-state index contributed by atoms with van der Waals surface area (Å²) >= 11 is 0. The summed E-state index contributed by atoms with van der Waals surface area (Å²) in [5.41, 5.74) is 1.07. The van der Waals surface area contributed by atoms with E-state index in [-0.39, 0.29) is 12.6 Å². The fourth-order valence-electron chi connectivity index (χ4n) is 1.41. The zero-order chi connectivity index (χ0) is 10.4. The highest BCUT2D eigenvalue weighted by Gasteiger charge is 2.10. The maximum absolute atomic E-state index is 12.0. The third-order valence-corrected chi connectivity index (χ3v) is 2.13. The summed E-state index contributed by atoms with van der Waals surface area (Å²) in [6, 6.07) is 9.69. The molecule has 0 aromatic heterocycles. The van der Waals surface area contributed by atoms with Gasteiger partial charge in [0.2, 0.25) is 0 Å². The predicted octanol–water partition coefficient (Wildman–Crippen LogP) is 2.99. The van der Waals surface area contributed by atoms with E-state index >= 15 is 0 Å². The monoisotopic (exact) mass is 199 g/mol. The van der Waals surface area contributed by atoms with Crippen LogP contribution in [-0.2, 0) is 0 Å². The molecule has 0 amide bonds. The number of alkyl halides is 2. The molecule has 1 atom stereocenters. The van der Waals surface area contributed by atoms with Crippen molar-refractivity contribution in [3.63, 3.8) is 0 Å². The molecule has 1 unspecified atom stereocenters. The molecular formula is C11H15F2N. The van der Waals surface area contributed by atoms with Gasteiger partial charge in [0.1, 0.15) is 0 Å². The van der Waals surface area contributed by atoms with Gasteiger partial charge in [0.05, 0.1) is 6.54 Å². The van der Waals surface area contributed by atoms with E-state index in [0.29, 0.717) is 0 Å². The highest BCUT2D eigenvalue weighted by molar-refractivity contribution is 5.18. The molecule has 14 heavy (non-hydrogen) atoms. The summed E-state index contributed by atoms with van der Waals surface area (Å²) in [4.78, 5) is 0. The lowest BCUT2D eigenvalue weighted by Gasteiger charge is -2.16. The van der Waals surface area contributed by atoms with E-state index in [2.05, 4.69) is 5.32 Å². The molecular weight excluding hydrogens is 184 g/mol. The van der Waals surface area contributed by atoms with Gasteiger partial charge in [-0.1, -0.05) is 37.3 Å². The standard InChI is InChI=1S/C11H15F2N/c1-2-10(14-8-11(12)13)9-6-4-3-5-7-9/h3-7,10-11,14H,2,8H2,1H3. The average Bonchev–Trinajstić information content (AvgIpc) is 2.20. The number of nitrogens with one attached hydrogen (secondary N) is 1. The molecule has 0 spiro atoms. The van der Waals surface area contributed by atoms with Gasteiger partial charge in [0.25, 0.3) is 6.43 Å². The molecule has 0 heterocycles. The van der Waals surface area contributed by atoms with Crippen LogP contribution in [0.1, 0.15) is 24.9 Å². The van der Waals surface area contributed by atoms with Gasteiger partial charge in [-0.2, -0.15) is 0 Å². The lowest BCUT2D eigenvalue weighted by molar-refractivity contribution is 0.141. The Morgan fingerprint density at radius 2 is 1.86 bits per heavy atom. The second-order valence-electron chi connectivity index (χ2n) is 3.17. The molecule has 78 valence electrons. The SMILES string of the molecule is CCC(NCC(F)F)c1ccccc1. The Balaban J connectivity index is 2.54. The van der Waals surface area contributed by atoms with Crippen LogP contribution in [-0.4, -0.2) is 13.0 Å². The average molecular weight is 199 g/mol. The molecule has 0 aliphatic heterocycles. The molecule has 1 aromatic carbocycles. The largest absolute Gasteiger partial charge is 0.305 e. The van der Waals surface area contributed by atoms with Crippen LogP contribution in [0.3, 0.4) is 0 Å². The molecule has 1 rings (SSSR count). The number of hydrogen-bond donors (Lipinski definition) is 1. The molecule has 0 aliphatic rings. The summed E-state index contributed by atoms with van der Waals surface area (Å²) in [7, 11) is 0. The Hall–Kier alpha value is -0.960. The van der Waals surface area contributed by atoms with Gasteiger partial charge in [0, 0.05) is 6.04 Å².